The van der Waals surface area contributed by atoms with Crippen molar-refractivity contribution in [2.24, 2.45) is 0 Å². The predicted molar refractivity (Wildman–Crippen MR) is 133 cm³/mol. The van der Waals surface area contributed by atoms with E-state index in [1.165, 1.54) is 4.90 Å². The van der Waals surface area contributed by atoms with E-state index in [2.05, 4.69) is 5.32 Å². The monoisotopic (exact) mass is 461 g/mol. The molecule has 0 radical (unpaired) electrons. The van der Waals surface area contributed by atoms with E-state index < -0.39 is 11.8 Å². The number of rotatable bonds is 6. The Morgan fingerprint density at radius 2 is 1.58 bits per heavy atom. The third-order valence-electron chi connectivity index (χ3n) is 5.61. The van der Waals surface area contributed by atoms with Crippen molar-refractivity contribution in [3.05, 3.63) is 88.6 Å². The van der Waals surface area contributed by atoms with Crippen LogP contribution in [0.15, 0.2) is 72.4 Å². The average molecular weight is 462 g/mol. The first-order chi connectivity index (χ1) is 15.8. The molecular weight excluding hydrogens is 438 g/mol. The maximum absolute atomic E-state index is 13.6. The van der Waals surface area contributed by atoms with Gasteiger partial charge in [0.1, 0.15) is 11.4 Å². The Bertz CT molecular complexity index is 1250. The van der Waals surface area contributed by atoms with Crippen molar-refractivity contribution in [1.82, 2.24) is 0 Å². The molecule has 0 aliphatic carbocycles. The normalized spacial score (nSPS) is 13.5. The summed E-state index contributed by atoms with van der Waals surface area (Å²) in [5.74, 6) is -0.166. The van der Waals surface area contributed by atoms with Crippen molar-refractivity contribution in [3.8, 4) is 5.75 Å². The molecule has 2 amide bonds. The number of anilines is 3. The molecule has 4 rings (SSSR count). The summed E-state index contributed by atoms with van der Waals surface area (Å²) in [5, 5.41) is 3.75. The molecule has 0 unspecified atom stereocenters. The van der Waals surface area contributed by atoms with Gasteiger partial charge in [0, 0.05) is 30.5 Å². The minimum absolute atomic E-state index is 0.201. The lowest BCUT2D eigenvalue weighted by atomic mass is 10.0. The van der Waals surface area contributed by atoms with Crippen LogP contribution in [0.5, 0.6) is 5.75 Å². The summed E-state index contributed by atoms with van der Waals surface area (Å²) in [6.07, 6.45) is 0. The lowest BCUT2D eigenvalue weighted by Crippen LogP contribution is -2.32. The molecule has 1 aliphatic rings. The number of hydrogen-bond donors (Lipinski definition) is 1. The zero-order valence-electron chi connectivity index (χ0n) is 18.8. The minimum atomic E-state index is -0.428. The van der Waals surface area contributed by atoms with Gasteiger partial charge < -0.3 is 15.0 Å². The summed E-state index contributed by atoms with van der Waals surface area (Å²) in [6, 6.07) is 19.7. The van der Waals surface area contributed by atoms with Crippen LogP contribution in [0.3, 0.4) is 0 Å². The van der Waals surface area contributed by atoms with E-state index in [4.69, 9.17) is 16.3 Å². The molecule has 0 aromatic heterocycles. The number of carbonyl (C=O) groups excluding carboxylic acids is 2. The number of amides is 2. The highest BCUT2D eigenvalue weighted by atomic mass is 35.5. The Balaban J connectivity index is 1.80. The van der Waals surface area contributed by atoms with Crippen LogP contribution in [0.25, 0.3) is 5.57 Å². The lowest BCUT2D eigenvalue weighted by molar-refractivity contribution is -0.120. The lowest BCUT2D eigenvalue weighted by Gasteiger charge is -2.18. The molecule has 1 aliphatic heterocycles. The number of methoxy groups -OCH3 is 1. The minimum Gasteiger partial charge on any atom is -0.497 e. The molecule has 1 N–H and O–H groups in total. The molecule has 3 aromatic rings. The van der Waals surface area contributed by atoms with Crippen molar-refractivity contribution < 1.29 is 14.3 Å². The molecule has 0 bridgehead atoms. The number of halogens is 1. The van der Waals surface area contributed by atoms with Gasteiger partial charge >= 0.3 is 0 Å². The van der Waals surface area contributed by atoms with Gasteiger partial charge in [-0.05, 0) is 66.6 Å². The van der Waals surface area contributed by atoms with Gasteiger partial charge in [0.05, 0.1) is 18.4 Å². The van der Waals surface area contributed by atoms with Crippen molar-refractivity contribution >= 4 is 46.1 Å². The highest BCUT2D eigenvalue weighted by Gasteiger charge is 2.40. The zero-order chi connectivity index (χ0) is 23.7. The number of ether oxygens (including phenoxy) is 1. The van der Waals surface area contributed by atoms with Crippen LogP contribution in [-0.2, 0) is 9.59 Å². The third-order valence-corrected chi connectivity index (χ3v) is 6.02. The molecule has 0 saturated carbocycles. The average Bonchev–Trinajstić information content (AvgIpc) is 3.06. The summed E-state index contributed by atoms with van der Waals surface area (Å²) in [7, 11) is 5.44. The molecule has 1 heterocycles. The van der Waals surface area contributed by atoms with Gasteiger partial charge in [-0.1, -0.05) is 29.8 Å². The number of carbonyl (C=O) groups is 2. The van der Waals surface area contributed by atoms with Gasteiger partial charge in [-0.15, -0.1) is 0 Å². The molecule has 0 spiro atoms. The Labute approximate surface area is 198 Å². The fourth-order valence-corrected chi connectivity index (χ4v) is 3.86. The molecular formula is C26H24ClN3O3. The van der Waals surface area contributed by atoms with Crippen molar-refractivity contribution in [2.45, 2.75) is 6.92 Å². The second kappa shape index (κ2) is 9.00. The number of hydrogen-bond acceptors (Lipinski definition) is 5. The van der Waals surface area contributed by atoms with Crippen molar-refractivity contribution in [1.29, 1.82) is 0 Å². The largest absolute Gasteiger partial charge is 0.497 e. The topological polar surface area (TPSA) is 61.9 Å². The smallest absolute Gasteiger partial charge is 0.282 e. The van der Waals surface area contributed by atoms with Crippen LogP contribution in [-0.4, -0.2) is 33.0 Å². The molecule has 6 nitrogen and oxygen atoms in total. The maximum Gasteiger partial charge on any atom is 0.282 e. The van der Waals surface area contributed by atoms with Crippen molar-refractivity contribution in [2.75, 3.05) is 36.3 Å². The van der Waals surface area contributed by atoms with Gasteiger partial charge in [-0.2, -0.15) is 0 Å². The van der Waals surface area contributed by atoms with Crippen molar-refractivity contribution in [3.63, 3.8) is 0 Å². The van der Waals surface area contributed by atoms with E-state index in [9.17, 15) is 9.59 Å². The summed E-state index contributed by atoms with van der Waals surface area (Å²) in [6.45, 7) is 1.86. The summed E-state index contributed by atoms with van der Waals surface area (Å²) in [4.78, 5) is 30.3. The molecule has 0 saturated heterocycles. The number of nitrogens with one attached hydrogen (secondary N) is 1. The van der Waals surface area contributed by atoms with E-state index >= 15 is 0 Å². The molecule has 3 aromatic carbocycles. The first-order valence-corrected chi connectivity index (χ1v) is 10.8. The quantitative estimate of drug-likeness (QED) is 0.516. The fraction of sp³-hybridized carbons (Fsp3) is 0.154. The molecule has 168 valence electrons. The van der Waals surface area contributed by atoms with E-state index in [0.29, 0.717) is 33.3 Å². The number of imide groups is 1. The van der Waals surface area contributed by atoms with Gasteiger partial charge in [-0.25, -0.2) is 4.90 Å². The van der Waals surface area contributed by atoms with Gasteiger partial charge in [-0.3, -0.25) is 9.59 Å². The predicted octanol–water partition coefficient (Wildman–Crippen LogP) is 5.12. The van der Waals surface area contributed by atoms with Crippen LogP contribution < -0.4 is 19.9 Å². The number of benzene rings is 3. The standard InChI is InChI=1S/C26H24ClN3O3/c1-16-21(27)6-5-7-22(16)28-24-23(17-8-14-20(33-4)15-9-17)25(31)30(26(24)32)19-12-10-18(11-13-19)29(2)3/h5-15,28H,1-4H3. The highest BCUT2D eigenvalue weighted by Crippen LogP contribution is 2.36. The Morgan fingerprint density at radius 3 is 2.18 bits per heavy atom. The summed E-state index contributed by atoms with van der Waals surface area (Å²) < 4.78 is 5.24. The first-order valence-electron chi connectivity index (χ1n) is 10.4. The Kier molecular flexibility index (Phi) is 6.11. The second-order valence-corrected chi connectivity index (χ2v) is 8.28. The van der Waals surface area contributed by atoms with Crippen LogP contribution in [0.2, 0.25) is 5.02 Å². The molecule has 0 atom stereocenters. The molecule has 7 heteroatoms. The third kappa shape index (κ3) is 4.17. The highest BCUT2D eigenvalue weighted by molar-refractivity contribution is 6.46. The second-order valence-electron chi connectivity index (χ2n) is 7.87. The Hall–Kier alpha value is -3.77. The number of nitrogens with zero attached hydrogens (tertiary/aromatic N) is 2. The van der Waals surface area contributed by atoms with Gasteiger partial charge in [0.2, 0.25) is 0 Å². The van der Waals surface area contributed by atoms with Gasteiger partial charge in [0.25, 0.3) is 11.8 Å². The summed E-state index contributed by atoms with van der Waals surface area (Å²) >= 11 is 6.28. The first kappa shape index (κ1) is 22.4. The van der Waals surface area contributed by atoms with Gasteiger partial charge in [0.15, 0.2) is 0 Å². The van der Waals surface area contributed by atoms with E-state index in [1.54, 1.807) is 55.6 Å². The van der Waals surface area contributed by atoms with Crippen LogP contribution in [0.4, 0.5) is 17.1 Å². The van der Waals surface area contributed by atoms with E-state index in [-0.39, 0.29) is 5.70 Å². The van der Waals surface area contributed by atoms with Crippen LogP contribution >= 0.6 is 11.6 Å². The molecule has 33 heavy (non-hydrogen) atoms. The summed E-state index contributed by atoms with van der Waals surface area (Å²) in [5.41, 5.74) is 4.02. The van der Waals surface area contributed by atoms with Crippen LogP contribution in [0.1, 0.15) is 11.1 Å². The van der Waals surface area contributed by atoms with E-state index in [1.807, 2.05) is 44.1 Å². The zero-order valence-corrected chi connectivity index (χ0v) is 19.6. The molecule has 0 fully saturated rings. The Morgan fingerprint density at radius 1 is 0.909 bits per heavy atom. The maximum atomic E-state index is 13.6. The SMILES string of the molecule is COc1ccc(C2=C(Nc3cccc(Cl)c3C)C(=O)N(c3ccc(N(C)C)cc3)C2=O)cc1. The van der Waals surface area contributed by atoms with E-state index in [0.717, 1.165) is 11.3 Å². The van der Waals surface area contributed by atoms with Crippen LogP contribution in [0, 0.1) is 6.92 Å². The fourth-order valence-electron chi connectivity index (χ4n) is 3.68.